The van der Waals surface area contributed by atoms with E-state index in [1.807, 2.05) is 5.43 Å². The van der Waals surface area contributed by atoms with Crippen molar-refractivity contribution < 1.29 is 17.2 Å². The lowest BCUT2D eigenvalue weighted by molar-refractivity contribution is 0.577. The molecule has 0 aliphatic carbocycles. The molecule has 0 saturated carbocycles. The van der Waals surface area contributed by atoms with Gasteiger partial charge in [-0.05, 0) is 0 Å². The molecule has 0 spiro atoms. The summed E-state index contributed by atoms with van der Waals surface area (Å²) >= 11 is 0. The molecule has 6 nitrogen and oxygen atoms in total. The van der Waals surface area contributed by atoms with E-state index in [9.17, 15) is 17.2 Å². The van der Waals surface area contributed by atoms with Crippen molar-refractivity contribution in [3.05, 3.63) is 17.7 Å². The molecule has 0 saturated heterocycles. The lowest BCUT2D eigenvalue weighted by Gasteiger charge is -2.09. The number of nitrogen functional groups attached to an aromatic ring is 1. The number of hydrogen-bond donors (Lipinski definition) is 3. The van der Waals surface area contributed by atoms with Crippen molar-refractivity contribution in [2.45, 2.75) is 6.92 Å². The Morgan fingerprint density at radius 1 is 1.33 bits per heavy atom. The van der Waals surface area contributed by atoms with Gasteiger partial charge in [-0.1, -0.05) is 6.92 Å². The minimum Gasteiger partial charge on any atom is -0.367 e. The fourth-order valence-electron chi connectivity index (χ4n) is 1.16. The molecule has 0 aliphatic heterocycles. The summed E-state index contributed by atoms with van der Waals surface area (Å²) in [5.74, 6) is 2.41. The largest absolute Gasteiger partial charge is 0.367 e. The first kappa shape index (κ1) is 14.6. The van der Waals surface area contributed by atoms with Gasteiger partial charge in [-0.2, -0.15) is 0 Å². The molecule has 0 bridgehead atoms. The van der Waals surface area contributed by atoms with Crippen molar-refractivity contribution in [3.8, 4) is 0 Å². The van der Waals surface area contributed by atoms with Crippen LogP contribution in [-0.4, -0.2) is 31.5 Å². The van der Waals surface area contributed by atoms with Crippen LogP contribution in [0.2, 0.25) is 0 Å². The number of nitrogens with zero attached hydrogens (tertiary/aromatic N) is 1. The highest BCUT2D eigenvalue weighted by atomic mass is 32.2. The molecule has 0 amide bonds. The second kappa shape index (κ2) is 5.91. The molecule has 1 aromatic rings. The average Bonchev–Trinajstić information content (AvgIpc) is 2.32. The Balaban J connectivity index is 2.74. The van der Waals surface area contributed by atoms with Gasteiger partial charge in [0.25, 0.3) is 0 Å². The van der Waals surface area contributed by atoms with Crippen molar-refractivity contribution in [1.29, 1.82) is 0 Å². The Morgan fingerprint density at radius 2 is 1.94 bits per heavy atom. The van der Waals surface area contributed by atoms with Crippen molar-refractivity contribution in [2.24, 2.45) is 5.84 Å². The summed E-state index contributed by atoms with van der Waals surface area (Å²) in [6, 6.07) is 0.610. The van der Waals surface area contributed by atoms with Crippen LogP contribution in [0.25, 0.3) is 0 Å². The van der Waals surface area contributed by atoms with E-state index < -0.39 is 21.5 Å². The maximum absolute atomic E-state index is 13.3. The van der Waals surface area contributed by atoms with Crippen LogP contribution < -0.4 is 16.6 Å². The van der Waals surface area contributed by atoms with E-state index in [2.05, 4.69) is 10.3 Å². The van der Waals surface area contributed by atoms with Gasteiger partial charge in [0.1, 0.15) is 0 Å². The molecule has 1 heterocycles. The van der Waals surface area contributed by atoms with Crippen LogP contribution in [0.1, 0.15) is 6.92 Å². The van der Waals surface area contributed by atoms with Crippen molar-refractivity contribution in [2.75, 3.05) is 28.8 Å². The first-order valence-electron chi connectivity index (χ1n) is 5.16. The first-order chi connectivity index (χ1) is 8.39. The molecule has 4 N–H and O–H groups in total. The van der Waals surface area contributed by atoms with Crippen LogP contribution in [0.4, 0.5) is 20.4 Å². The third-order valence-electron chi connectivity index (χ3n) is 2.21. The molecule has 1 aromatic heterocycles. The second-order valence-corrected chi connectivity index (χ2v) is 5.93. The number of nitrogens with two attached hydrogens (primary N) is 1. The number of rotatable bonds is 6. The molecule has 0 radical (unpaired) electrons. The monoisotopic (exact) mass is 280 g/mol. The highest BCUT2D eigenvalue weighted by Crippen LogP contribution is 2.17. The number of anilines is 2. The summed E-state index contributed by atoms with van der Waals surface area (Å²) in [7, 11) is -3.15. The first-order valence-corrected chi connectivity index (χ1v) is 6.98. The average molecular weight is 280 g/mol. The highest BCUT2D eigenvalue weighted by molar-refractivity contribution is 7.91. The Labute approximate surface area is 103 Å². The lowest BCUT2D eigenvalue weighted by Crippen LogP contribution is -2.19. The molecule has 1 rings (SSSR count). The van der Waals surface area contributed by atoms with Gasteiger partial charge in [-0.3, -0.25) is 0 Å². The minimum atomic E-state index is -3.15. The predicted molar refractivity (Wildman–Crippen MR) is 64.8 cm³/mol. The number of hydrazine groups is 1. The summed E-state index contributed by atoms with van der Waals surface area (Å²) in [4.78, 5) is 3.54. The standard InChI is InChI=1S/C9H14F2N4O2S/c1-2-18(16,17)4-3-13-8-6(10)5-7(11)9(14-8)15-12/h5H,2-4,12H2,1H3,(H2,13,14,15). The summed E-state index contributed by atoms with van der Waals surface area (Å²) in [5, 5.41) is 2.48. The van der Waals surface area contributed by atoms with E-state index in [0.717, 1.165) is 0 Å². The van der Waals surface area contributed by atoms with E-state index in [1.165, 1.54) is 6.92 Å². The zero-order valence-electron chi connectivity index (χ0n) is 9.70. The number of aromatic nitrogens is 1. The summed E-state index contributed by atoms with van der Waals surface area (Å²) in [6.45, 7) is 1.50. The Hall–Kier alpha value is -1.48. The zero-order chi connectivity index (χ0) is 13.8. The Bertz CT molecular complexity index is 522. The van der Waals surface area contributed by atoms with Crippen LogP contribution in [0.5, 0.6) is 0 Å². The van der Waals surface area contributed by atoms with Gasteiger partial charge in [0, 0.05) is 18.4 Å². The van der Waals surface area contributed by atoms with E-state index >= 15 is 0 Å². The molecular weight excluding hydrogens is 266 g/mol. The van der Waals surface area contributed by atoms with Crippen molar-refractivity contribution in [1.82, 2.24) is 4.98 Å². The van der Waals surface area contributed by atoms with Gasteiger partial charge in [0.05, 0.1) is 5.75 Å². The molecule has 18 heavy (non-hydrogen) atoms. The summed E-state index contributed by atoms with van der Waals surface area (Å²) in [6.07, 6.45) is 0. The number of pyridine rings is 1. The van der Waals surface area contributed by atoms with E-state index in [4.69, 9.17) is 5.84 Å². The third-order valence-corrected chi connectivity index (χ3v) is 3.92. The molecule has 0 atom stereocenters. The second-order valence-electron chi connectivity index (χ2n) is 3.46. The molecule has 9 heteroatoms. The van der Waals surface area contributed by atoms with E-state index in [1.54, 1.807) is 0 Å². The Kier molecular flexibility index (Phi) is 4.79. The van der Waals surface area contributed by atoms with E-state index in [-0.39, 0.29) is 29.7 Å². The number of hydrogen-bond acceptors (Lipinski definition) is 6. The van der Waals surface area contributed by atoms with Crippen LogP contribution in [0.15, 0.2) is 6.07 Å². The van der Waals surface area contributed by atoms with Crippen LogP contribution in [-0.2, 0) is 9.84 Å². The summed E-state index contributed by atoms with van der Waals surface area (Å²) < 4.78 is 48.7. The highest BCUT2D eigenvalue weighted by Gasteiger charge is 2.12. The van der Waals surface area contributed by atoms with Gasteiger partial charge in [-0.15, -0.1) is 0 Å². The minimum absolute atomic E-state index is 0.00359. The van der Waals surface area contributed by atoms with Gasteiger partial charge < -0.3 is 10.7 Å². The Morgan fingerprint density at radius 3 is 2.50 bits per heavy atom. The van der Waals surface area contributed by atoms with Gasteiger partial charge in [0.15, 0.2) is 33.1 Å². The van der Waals surface area contributed by atoms with Crippen LogP contribution in [0.3, 0.4) is 0 Å². The third kappa shape index (κ3) is 3.77. The maximum atomic E-state index is 13.3. The van der Waals surface area contributed by atoms with Crippen molar-refractivity contribution in [3.63, 3.8) is 0 Å². The lowest BCUT2D eigenvalue weighted by atomic mass is 10.4. The molecular formula is C9H14F2N4O2S. The van der Waals surface area contributed by atoms with Crippen LogP contribution >= 0.6 is 0 Å². The maximum Gasteiger partial charge on any atom is 0.178 e. The molecule has 0 fully saturated rings. The van der Waals surface area contributed by atoms with Gasteiger partial charge in [-0.25, -0.2) is 28.0 Å². The molecule has 0 aromatic carbocycles. The van der Waals surface area contributed by atoms with Crippen LogP contribution in [0, 0.1) is 11.6 Å². The molecule has 102 valence electrons. The smallest absolute Gasteiger partial charge is 0.178 e. The SMILES string of the molecule is CCS(=O)(=O)CCNc1nc(NN)c(F)cc1F. The zero-order valence-corrected chi connectivity index (χ0v) is 10.5. The number of halogens is 2. The fourth-order valence-corrected chi connectivity index (χ4v) is 1.86. The number of nitrogens with one attached hydrogen (secondary N) is 2. The predicted octanol–water partition coefficient (Wildman–Crippen LogP) is 0.492. The summed E-state index contributed by atoms with van der Waals surface area (Å²) in [5.41, 5.74) is 1.97. The molecule has 0 unspecified atom stereocenters. The quantitative estimate of drug-likeness (QED) is 0.518. The number of sulfone groups is 1. The topological polar surface area (TPSA) is 97.1 Å². The van der Waals surface area contributed by atoms with E-state index in [0.29, 0.717) is 6.07 Å². The normalized spacial score (nSPS) is 11.3. The van der Waals surface area contributed by atoms with Crippen molar-refractivity contribution >= 4 is 21.5 Å². The van der Waals surface area contributed by atoms with Gasteiger partial charge in [0.2, 0.25) is 0 Å². The fraction of sp³-hybridized carbons (Fsp3) is 0.444. The molecule has 0 aliphatic rings. The van der Waals surface area contributed by atoms with Gasteiger partial charge >= 0.3 is 0 Å².